The van der Waals surface area contributed by atoms with Crippen molar-refractivity contribution in [3.05, 3.63) is 11.9 Å². The Bertz CT molecular complexity index is 621. The van der Waals surface area contributed by atoms with Crippen LogP contribution in [0.2, 0.25) is 0 Å². The summed E-state index contributed by atoms with van der Waals surface area (Å²) >= 11 is 1.72. The van der Waals surface area contributed by atoms with Crippen molar-refractivity contribution in [3.63, 3.8) is 0 Å². The second kappa shape index (κ2) is 6.19. The van der Waals surface area contributed by atoms with E-state index in [2.05, 4.69) is 5.10 Å². The molecule has 1 aliphatic heterocycles. The Morgan fingerprint density at radius 1 is 1.39 bits per heavy atom. The van der Waals surface area contributed by atoms with Crippen LogP contribution in [0.1, 0.15) is 45.7 Å². The third-order valence-corrected chi connectivity index (χ3v) is 5.31. The van der Waals surface area contributed by atoms with Gasteiger partial charge in [-0.05, 0) is 27.2 Å². The van der Waals surface area contributed by atoms with E-state index in [9.17, 15) is 9.59 Å². The van der Waals surface area contributed by atoms with Crippen molar-refractivity contribution in [1.29, 1.82) is 0 Å². The average Bonchev–Trinajstić information content (AvgIpc) is 3.04. The smallest absolute Gasteiger partial charge is 0.410 e. The molecule has 0 aromatic carbocycles. The molecule has 1 saturated carbocycles. The molecule has 0 N–H and O–H groups in total. The Hall–Kier alpha value is -1.50. The molecule has 1 aliphatic carbocycles. The van der Waals surface area contributed by atoms with Crippen LogP contribution < -0.4 is 0 Å². The fourth-order valence-corrected chi connectivity index (χ4v) is 4.14. The maximum Gasteiger partial charge on any atom is 0.410 e. The molecular formula is C16H23N3O3S. The molecule has 2 heterocycles. The van der Waals surface area contributed by atoms with Gasteiger partial charge < -0.3 is 9.64 Å². The Morgan fingerprint density at radius 2 is 2.17 bits per heavy atom. The maximum absolute atomic E-state index is 12.3. The first kappa shape index (κ1) is 16.4. The lowest BCUT2D eigenvalue weighted by Gasteiger charge is -2.30. The van der Waals surface area contributed by atoms with E-state index in [0.717, 1.165) is 17.0 Å². The zero-order chi connectivity index (χ0) is 16.6. The van der Waals surface area contributed by atoms with Gasteiger partial charge in [-0.3, -0.25) is 9.48 Å². The molecule has 1 aromatic heterocycles. The Balaban J connectivity index is 1.68. The summed E-state index contributed by atoms with van der Waals surface area (Å²) < 4.78 is 7.42. The number of aromatic nitrogens is 2. The molecule has 0 saturated heterocycles. The van der Waals surface area contributed by atoms with Gasteiger partial charge in [-0.1, -0.05) is 0 Å². The number of carbonyl (C=O) groups excluding carboxylic acids is 2. The van der Waals surface area contributed by atoms with E-state index < -0.39 is 5.60 Å². The number of nitrogens with zero attached hydrogens (tertiary/aromatic N) is 3. The van der Waals surface area contributed by atoms with Crippen LogP contribution in [0.5, 0.6) is 0 Å². The molecule has 23 heavy (non-hydrogen) atoms. The van der Waals surface area contributed by atoms with Crippen LogP contribution in [0.15, 0.2) is 11.1 Å². The van der Waals surface area contributed by atoms with Crippen molar-refractivity contribution >= 4 is 23.6 Å². The minimum atomic E-state index is -0.490. The third kappa shape index (κ3) is 3.88. The van der Waals surface area contributed by atoms with Crippen molar-refractivity contribution in [2.45, 2.75) is 68.9 Å². The molecule has 3 rings (SSSR count). The fraction of sp³-hybridized carbons (Fsp3) is 0.688. The highest BCUT2D eigenvalue weighted by Crippen LogP contribution is 2.36. The van der Waals surface area contributed by atoms with Gasteiger partial charge in [0, 0.05) is 24.6 Å². The number of carbonyl (C=O) groups is 2. The molecule has 1 fully saturated rings. The zero-order valence-electron chi connectivity index (χ0n) is 13.9. The number of amides is 1. The number of Topliss-reactive ketones (excluding diaryl/α,β-unsaturated/α-hetero) is 1. The van der Waals surface area contributed by atoms with Crippen LogP contribution in [-0.2, 0) is 22.6 Å². The lowest BCUT2D eigenvalue weighted by molar-refractivity contribution is -0.117. The summed E-state index contributed by atoms with van der Waals surface area (Å²) in [5, 5.41) is 4.76. The van der Waals surface area contributed by atoms with Gasteiger partial charge in [0.1, 0.15) is 11.4 Å². The average molecular weight is 337 g/mol. The molecule has 6 nitrogen and oxygen atoms in total. The summed E-state index contributed by atoms with van der Waals surface area (Å²) in [5.74, 6) is 0.346. The summed E-state index contributed by atoms with van der Waals surface area (Å²) in [6.07, 6.45) is 3.85. The highest BCUT2D eigenvalue weighted by atomic mass is 32.2. The Kier molecular flexibility index (Phi) is 4.40. The molecule has 1 atom stereocenters. The van der Waals surface area contributed by atoms with E-state index in [1.54, 1.807) is 16.7 Å². The standard InChI is InChI=1S/C16H23N3O3S/c1-16(2,3)22-15(21)18-6-7-19-13(10-18)14(9-17-19)23-12-5-4-11(20)8-12/h9,12H,4-8,10H2,1-3H3. The molecule has 0 spiro atoms. The minimum Gasteiger partial charge on any atom is -0.444 e. The highest BCUT2D eigenvalue weighted by Gasteiger charge is 2.30. The van der Waals surface area contributed by atoms with Crippen molar-refractivity contribution in [1.82, 2.24) is 14.7 Å². The predicted molar refractivity (Wildman–Crippen MR) is 87.4 cm³/mol. The van der Waals surface area contributed by atoms with E-state index >= 15 is 0 Å². The largest absolute Gasteiger partial charge is 0.444 e. The number of ether oxygens (including phenoxy) is 1. The van der Waals surface area contributed by atoms with Crippen LogP contribution in [0.25, 0.3) is 0 Å². The summed E-state index contributed by atoms with van der Waals surface area (Å²) in [4.78, 5) is 26.5. The Morgan fingerprint density at radius 3 is 2.83 bits per heavy atom. The molecule has 7 heteroatoms. The molecule has 1 aromatic rings. The molecule has 1 amide bonds. The summed E-state index contributed by atoms with van der Waals surface area (Å²) in [6, 6.07) is 0. The SMILES string of the molecule is CC(C)(C)OC(=O)N1CCn2ncc(SC3CCC(=O)C3)c2C1. The Labute approximate surface area is 140 Å². The van der Waals surface area contributed by atoms with E-state index in [1.165, 1.54) is 0 Å². The first-order valence-electron chi connectivity index (χ1n) is 8.03. The van der Waals surface area contributed by atoms with Crippen LogP contribution in [-0.4, -0.2) is 44.0 Å². The van der Waals surface area contributed by atoms with Gasteiger partial charge in [0.25, 0.3) is 0 Å². The second-order valence-electron chi connectivity index (χ2n) is 7.10. The predicted octanol–water partition coefficient (Wildman–Crippen LogP) is 2.85. The highest BCUT2D eigenvalue weighted by molar-refractivity contribution is 8.00. The number of thioether (sulfide) groups is 1. The van der Waals surface area contributed by atoms with Gasteiger partial charge in [0.15, 0.2) is 0 Å². The van der Waals surface area contributed by atoms with Crippen molar-refractivity contribution in [2.75, 3.05) is 6.54 Å². The van der Waals surface area contributed by atoms with E-state index in [1.807, 2.05) is 31.6 Å². The van der Waals surface area contributed by atoms with Gasteiger partial charge in [-0.15, -0.1) is 11.8 Å². The molecule has 2 aliphatic rings. The van der Waals surface area contributed by atoms with E-state index in [4.69, 9.17) is 4.74 Å². The van der Waals surface area contributed by atoms with Gasteiger partial charge in [-0.2, -0.15) is 5.10 Å². The molecule has 0 bridgehead atoms. The fourth-order valence-electron chi connectivity index (χ4n) is 2.86. The monoisotopic (exact) mass is 337 g/mol. The van der Waals surface area contributed by atoms with E-state index in [0.29, 0.717) is 43.5 Å². The van der Waals surface area contributed by atoms with Gasteiger partial charge >= 0.3 is 6.09 Å². The topological polar surface area (TPSA) is 64.4 Å². The maximum atomic E-state index is 12.3. The van der Waals surface area contributed by atoms with Crippen molar-refractivity contribution < 1.29 is 14.3 Å². The zero-order valence-corrected chi connectivity index (χ0v) is 14.7. The molecule has 126 valence electrons. The van der Waals surface area contributed by atoms with Gasteiger partial charge in [-0.25, -0.2) is 4.79 Å². The van der Waals surface area contributed by atoms with Crippen LogP contribution in [0, 0.1) is 0 Å². The third-order valence-electron chi connectivity index (χ3n) is 3.98. The molecular weight excluding hydrogens is 314 g/mol. The lowest BCUT2D eigenvalue weighted by Crippen LogP contribution is -2.41. The summed E-state index contributed by atoms with van der Waals surface area (Å²) in [5.41, 5.74) is 0.558. The van der Waals surface area contributed by atoms with Crippen LogP contribution in [0.4, 0.5) is 4.79 Å². The first-order chi connectivity index (χ1) is 10.8. The molecule has 0 radical (unpaired) electrons. The number of rotatable bonds is 2. The quantitative estimate of drug-likeness (QED) is 0.830. The van der Waals surface area contributed by atoms with Gasteiger partial charge in [0.2, 0.25) is 0 Å². The number of fused-ring (bicyclic) bond motifs is 1. The minimum absolute atomic E-state index is 0.281. The van der Waals surface area contributed by atoms with Gasteiger partial charge in [0.05, 0.1) is 29.9 Å². The molecule has 1 unspecified atom stereocenters. The van der Waals surface area contributed by atoms with Crippen molar-refractivity contribution in [3.8, 4) is 0 Å². The lowest BCUT2D eigenvalue weighted by atomic mass is 10.2. The normalized spacial score (nSPS) is 21.4. The first-order valence-corrected chi connectivity index (χ1v) is 8.91. The van der Waals surface area contributed by atoms with Crippen LogP contribution in [0.3, 0.4) is 0 Å². The van der Waals surface area contributed by atoms with Crippen LogP contribution >= 0.6 is 11.8 Å². The summed E-state index contributed by atoms with van der Waals surface area (Å²) in [7, 11) is 0. The summed E-state index contributed by atoms with van der Waals surface area (Å²) in [6.45, 7) is 7.42. The van der Waals surface area contributed by atoms with Crippen molar-refractivity contribution in [2.24, 2.45) is 0 Å². The van der Waals surface area contributed by atoms with E-state index in [-0.39, 0.29) is 6.09 Å². The second-order valence-corrected chi connectivity index (χ2v) is 8.44. The number of hydrogen-bond acceptors (Lipinski definition) is 5. The number of ketones is 1. The number of hydrogen-bond donors (Lipinski definition) is 0.